The predicted molar refractivity (Wildman–Crippen MR) is 41.2 cm³/mol. The molecule has 0 saturated carbocycles. The van der Waals surface area contributed by atoms with Gasteiger partial charge in [0.25, 0.3) is 0 Å². The zero-order chi connectivity index (χ0) is 8.91. The van der Waals surface area contributed by atoms with Crippen molar-refractivity contribution in [1.29, 1.82) is 0 Å². The van der Waals surface area contributed by atoms with Crippen LogP contribution in [0.15, 0.2) is 10.2 Å². The molecular formula is C7H14N2O2. The Morgan fingerprint density at radius 3 is 2.45 bits per heavy atom. The van der Waals surface area contributed by atoms with Gasteiger partial charge < -0.3 is 4.74 Å². The number of carbonyl (C=O) groups excluding carboxylic acids is 1. The molecule has 0 amide bonds. The van der Waals surface area contributed by atoms with E-state index in [1.54, 1.807) is 14.0 Å². The monoisotopic (exact) mass is 158 g/mol. The summed E-state index contributed by atoms with van der Waals surface area (Å²) in [5.74, 6) is -0.332. The summed E-state index contributed by atoms with van der Waals surface area (Å²) in [6.45, 7) is 4.97. The second-order valence-electron chi connectivity index (χ2n) is 2.42. The summed E-state index contributed by atoms with van der Waals surface area (Å²) in [4.78, 5) is 10.6. The lowest BCUT2D eigenvalue weighted by Gasteiger charge is -2.20. The van der Waals surface area contributed by atoms with E-state index in [4.69, 9.17) is 4.74 Å². The lowest BCUT2D eigenvalue weighted by atomic mass is 10.2. The molecule has 1 unspecified atom stereocenters. The third-order valence-corrected chi connectivity index (χ3v) is 1.33. The Morgan fingerprint density at radius 1 is 1.64 bits per heavy atom. The van der Waals surface area contributed by atoms with Crippen LogP contribution in [-0.2, 0) is 9.53 Å². The van der Waals surface area contributed by atoms with Gasteiger partial charge in [0.1, 0.15) is 0 Å². The lowest BCUT2D eigenvalue weighted by Crippen LogP contribution is -2.26. The minimum atomic E-state index is -0.777. The summed E-state index contributed by atoms with van der Waals surface area (Å²) in [6, 6.07) is 0. The van der Waals surface area contributed by atoms with Crippen LogP contribution < -0.4 is 0 Å². The van der Waals surface area contributed by atoms with E-state index >= 15 is 0 Å². The highest BCUT2D eigenvalue weighted by atomic mass is 16.6. The number of azo groups is 1. The summed E-state index contributed by atoms with van der Waals surface area (Å²) in [5.41, 5.74) is -0.777. The molecular weight excluding hydrogens is 144 g/mol. The molecule has 0 aliphatic heterocycles. The molecule has 0 saturated heterocycles. The molecule has 64 valence electrons. The van der Waals surface area contributed by atoms with E-state index < -0.39 is 5.72 Å². The smallest absolute Gasteiger partial charge is 0.304 e. The van der Waals surface area contributed by atoms with Crippen LogP contribution in [0.1, 0.15) is 27.2 Å². The van der Waals surface area contributed by atoms with E-state index in [-0.39, 0.29) is 5.97 Å². The number of carbonyl (C=O) groups is 1. The van der Waals surface area contributed by atoms with Crippen LogP contribution in [0.25, 0.3) is 0 Å². The number of hydrogen-bond donors (Lipinski definition) is 0. The van der Waals surface area contributed by atoms with Crippen molar-refractivity contribution in [2.24, 2.45) is 10.2 Å². The molecule has 0 aromatic rings. The molecule has 0 heterocycles. The van der Waals surface area contributed by atoms with E-state index in [0.29, 0.717) is 6.42 Å². The number of ether oxygens (including phenoxy) is 1. The van der Waals surface area contributed by atoms with Crippen molar-refractivity contribution in [3.05, 3.63) is 0 Å². The highest BCUT2D eigenvalue weighted by Crippen LogP contribution is 2.16. The molecule has 0 spiro atoms. The maximum Gasteiger partial charge on any atom is 0.304 e. The Hall–Kier alpha value is -0.930. The molecule has 0 aliphatic carbocycles. The predicted octanol–water partition coefficient (Wildman–Crippen LogP) is 1.76. The molecule has 0 aliphatic rings. The van der Waals surface area contributed by atoms with Crippen LogP contribution in [0.3, 0.4) is 0 Å². The Kier molecular flexibility index (Phi) is 3.71. The van der Waals surface area contributed by atoms with Crippen LogP contribution in [0.2, 0.25) is 0 Å². The molecule has 0 aromatic carbocycles. The summed E-state index contributed by atoms with van der Waals surface area (Å²) in [6.07, 6.45) is 0.629. The van der Waals surface area contributed by atoms with Gasteiger partial charge in [-0.05, 0) is 6.92 Å². The van der Waals surface area contributed by atoms with Crippen molar-refractivity contribution in [1.82, 2.24) is 0 Å². The molecule has 0 radical (unpaired) electrons. The maximum atomic E-state index is 10.6. The van der Waals surface area contributed by atoms with Gasteiger partial charge in [-0.3, -0.25) is 4.79 Å². The van der Waals surface area contributed by atoms with Gasteiger partial charge >= 0.3 is 5.97 Å². The largest absolute Gasteiger partial charge is 0.436 e. The van der Waals surface area contributed by atoms with Crippen LogP contribution >= 0.6 is 0 Å². The third-order valence-electron chi connectivity index (χ3n) is 1.33. The zero-order valence-electron chi connectivity index (χ0n) is 7.42. The minimum Gasteiger partial charge on any atom is -0.436 e. The normalized spacial score (nSPS) is 16.4. The number of hydrogen-bond acceptors (Lipinski definition) is 4. The molecule has 4 nitrogen and oxygen atoms in total. The van der Waals surface area contributed by atoms with Gasteiger partial charge in [0, 0.05) is 20.4 Å². The SMILES string of the molecule is CCC(C)(/N=N/C)OC(C)=O. The molecule has 0 N–H and O–H groups in total. The van der Waals surface area contributed by atoms with Crippen LogP contribution in [0.5, 0.6) is 0 Å². The van der Waals surface area contributed by atoms with E-state index in [1.165, 1.54) is 6.92 Å². The van der Waals surface area contributed by atoms with Crippen molar-refractivity contribution in [3.63, 3.8) is 0 Å². The number of nitrogens with zero attached hydrogens (tertiary/aromatic N) is 2. The quantitative estimate of drug-likeness (QED) is 0.464. The number of rotatable bonds is 3. The first-order valence-electron chi connectivity index (χ1n) is 3.54. The fourth-order valence-corrected chi connectivity index (χ4v) is 0.684. The Balaban J connectivity index is 4.21. The first-order valence-corrected chi connectivity index (χ1v) is 3.54. The lowest BCUT2D eigenvalue weighted by molar-refractivity contribution is -0.155. The molecule has 0 bridgehead atoms. The second-order valence-corrected chi connectivity index (χ2v) is 2.42. The highest BCUT2D eigenvalue weighted by Gasteiger charge is 2.23. The van der Waals surface area contributed by atoms with Gasteiger partial charge in [-0.15, -0.1) is 5.11 Å². The Morgan fingerprint density at radius 2 is 2.18 bits per heavy atom. The topological polar surface area (TPSA) is 51.0 Å². The average molecular weight is 158 g/mol. The van der Waals surface area contributed by atoms with Gasteiger partial charge in [-0.25, -0.2) is 0 Å². The van der Waals surface area contributed by atoms with Crippen LogP contribution in [-0.4, -0.2) is 18.7 Å². The summed E-state index contributed by atoms with van der Waals surface area (Å²) < 4.78 is 4.93. The van der Waals surface area contributed by atoms with Crippen LogP contribution in [0, 0.1) is 0 Å². The van der Waals surface area contributed by atoms with Gasteiger partial charge in [0.15, 0.2) is 0 Å². The van der Waals surface area contributed by atoms with E-state index in [1.807, 2.05) is 6.92 Å². The minimum absolute atomic E-state index is 0.332. The fourth-order valence-electron chi connectivity index (χ4n) is 0.684. The van der Waals surface area contributed by atoms with Gasteiger partial charge in [0.2, 0.25) is 5.72 Å². The fraction of sp³-hybridized carbons (Fsp3) is 0.857. The Labute approximate surface area is 66.7 Å². The third kappa shape index (κ3) is 3.70. The van der Waals surface area contributed by atoms with Gasteiger partial charge in [0.05, 0.1) is 0 Å². The van der Waals surface area contributed by atoms with Crippen molar-refractivity contribution >= 4 is 5.97 Å². The first-order chi connectivity index (χ1) is 5.04. The van der Waals surface area contributed by atoms with Crippen molar-refractivity contribution in [2.75, 3.05) is 7.05 Å². The molecule has 0 fully saturated rings. The zero-order valence-corrected chi connectivity index (χ0v) is 7.42. The van der Waals surface area contributed by atoms with E-state index in [0.717, 1.165) is 0 Å². The van der Waals surface area contributed by atoms with Crippen molar-refractivity contribution in [2.45, 2.75) is 32.9 Å². The van der Waals surface area contributed by atoms with E-state index in [2.05, 4.69) is 10.2 Å². The van der Waals surface area contributed by atoms with Crippen LogP contribution in [0.4, 0.5) is 0 Å². The van der Waals surface area contributed by atoms with Gasteiger partial charge in [-0.2, -0.15) is 5.11 Å². The average Bonchev–Trinajstić information content (AvgIpc) is 1.87. The maximum absolute atomic E-state index is 10.6. The molecule has 0 rings (SSSR count). The molecule has 1 atom stereocenters. The van der Waals surface area contributed by atoms with E-state index in [9.17, 15) is 4.79 Å². The molecule has 11 heavy (non-hydrogen) atoms. The van der Waals surface area contributed by atoms with Crippen molar-refractivity contribution in [3.8, 4) is 0 Å². The first kappa shape index (κ1) is 10.1. The van der Waals surface area contributed by atoms with Gasteiger partial charge in [-0.1, -0.05) is 6.92 Å². The summed E-state index contributed by atoms with van der Waals surface area (Å²) >= 11 is 0. The molecule has 4 heteroatoms. The Bertz CT molecular complexity index is 168. The highest BCUT2D eigenvalue weighted by molar-refractivity contribution is 5.66. The number of esters is 1. The second kappa shape index (κ2) is 4.05. The van der Waals surface area contributed by atoms with Crippen molar-refractivity contribution < 1.29 is 9.53 Å². The molecule has 0 aromatic heterocycles. The summed E-state index contributed by atoms with van der Waals surface area (Å²) in [7, 11) is 1.55. The standard InChI is InChI=1S/C7H14N2O2/c1-5-7(3,9-8-4)11-6(2)10/h5H2,1-4H3/b9-8+. The summed E-state index contributed by atoms with van der Waals surface area (Å²) in [5, 5.41) is 7.38.